The Labute approximate surface area is 198 Å². The van der Waals surface area contributed by atoms with Crippen molar-refractivity contribution < 1.29 is 9.53 Å². The number of hydrogen-bond donors (Lipinski definition) is 2. The van der Waals surface area contributed by atoms with Gasteiger partial charge in [0.1, 0.15) is 11.4 Å². The second kappa shape index (κ2) is 8.99. The smallest absolute Gasteiger partial charge is 0.274 e. The largest absolute Gasteiger partial charge is 0.497 e. The molecule has 0 spiro atoms. The molecule has 4 aromatic rings. The molecule has 0 fully saturated rings. The van der Waals surface area contributed by atoms with Crippen molar-refractivity contribution in [3.8, 4) is 5.75 Å². The molecule has 0 radical (unpaired) electrons. The number of aromatic nitrogens is 1. The molecule has 1 atom stereocenters. The van der Waals surface area contributed by atoms with E-state index < -0.39 is 0 Å². The Kier molecular flexibility index (Phi) is 5.90. The molecule has 2 heterocycles. The fraction of sp³-hybridized carbons (Fsp3) is 0.296. The van der Waals surface area contributed by atoms with Gasteiger partial charge >= 0.3 is 0 Å². The van der Waals surface area contributed by atoms with Crippen LogP contribution in [0, 0.1) is 0 Å². The molecule has 0 bridgehead atoms. The molecule has 0 aliphatic carbocycles. The van der Waals surface area contributed by atoms with Gasteiger partial charge in [0.15, 0.2) is 0 Å². The topological polar surface area (TPSA) is 57.4 Å². The molecule has 6 heteroatoms. The molecule has 1 aromatic heterocycles. The van der Waals surface area contributed by atoms with Crippen molar-refractivity contribution in [2.75, 3.05) is 36.3 Å². The summed E-state index contributed by atoms with van der Waals surface area (Å²) in [6.45, 7) is 3.65. The molecular formula is C27H28ClN3O2. The average Bonchev–Trinajstić information content (AvgIpc) is 3.44. The van der Waals surface area contributed by atoms with Crippen molar-refractivity contribution in [3.63, 3.8) is 0 Å². The third-order valence-corrected chi connectivity index (χ3v) is 6.87. The number of hydrogen-bond acceptors (Lipinski definition) is 3. The number of carbonyl (C=O) groups is 1. The van der Waals surface area contributed by atoms with Crippen LogP contribution in [0.3, 0.4) is 0 Å². The highest BCUT2D eigenvalue weighted by molar-refractivity contribution is 6.19. The van der Waals surface area contributed by atoms with Crippen LogP contribution in [0.15, 0.2) is 54.6 Å². The summed E-state index contributed by atoms with van der Waals surface area (Å²) in [5.74, 6) is 1.27. The first kappa shape index (κ1) is 21.7. The predicted octanol–water partition coefficient (Wildman–Crippen LogP) is 6.52. The van der Waals surface area contributed by atoms with Crippen LogP contribution in [0.2, 0.25) is 0 Å². The summed E-state index contributed by atoms with van der Waals surface area (Å²) < 4.78 is 5.33. The van der Waals surface area contributed by atoms with E-state index in [9.17, 15) is 4.79 Å². The van der Waals surface area contributed by atoms with Crippen molar-refractivity contribution in [1.82, 2.24) is 4.98 Å². The Morgan fingerprint density at radius 3 is 2.76 bits per heavy atom. The summed E-state index contributed by atoms with van der Waals surface area (Å²) in [7, 11) is 1.64. The lowest BCUT2D eigenvalue weighted by Gasteiger charge is -2.19. The van der Waals surface area contributed by atoms with Crippen molar-refractivity contribution in [1.29, 1.82) is 0 Å². The lowest BCUT2D eigenvalue weighted by molar-refractivity contribution is 0.0984. The monoisotopic (exact) mass is 461 g/mol. The normalized spacial score (nSPS) is 15.2. The maximum atomic E-state index is 13.7. The van der Waals surface area contributed by atoms with Crippen molar-refractivity contribution >= 4 is 50.6 Å². The highest BCUT2D eigenvalue weighted by Crippen LogP contribution is 2.45. The minimum Gasteiger partial charge on any atom is -0.497 e. The first-order valence-electron chi connectivity index (χ1n) is 11.5. The Morgan fingerprint density at radius 2 is 2.00 bits per heavy atom. The number of H-pyrrole nitrogens is 1. The first-order chi connectivity index (χ1) is 16.1. The molecule has 5 rings (SSSR count). The number of anilines is 2. The van der Waals surface area contributed by atoms with Gasteiger partial charge in [-0.05, 0) is 47.7 Å². The highest BCUT2D eigenvalue weighted by Gasteiger charge is 2.35. The van der Waals surface area contributed by atoms with Crippen LogP contribution in [0.5, 0.6) is 5.75 Å². The molecule has 0 saturated carbocycles. The highest BCUT2D eigenvalue weighted by atomic mass is 35.5. The van der Waals surface area contributed by atoms with Gasteiger partial charge in [-0.3, -0.25) is 4.79 Å². The molecule has 0 saturated heterocycles. The fourth-order valence-corrected chi connectivity index (χ4v) is 5.06. The number of amides is 1. The van der Waals surface area contributed by atoms with Gasteiger partial charge in [0.2, 0.25) is 0 Å². The summed E-state index contributed by atoms with van der Waals surface area (Å²) in [6, 6.07) is 18.2. The quantitative estimate of drug-likeness (QED) is 0.243. The molecule has 1 aliphatic heterocycles. The summed E-state index contributed by atoms with van der Waals surface area (Å²) in [4.78, 5) is 18.9. The lowest BCUT2D eigenvalue weighted by Crippen LogP contribution is -2.30. The van der Waals surface area contributed by atoms with Crippen LogP contribution in [-0.2, 0) is 0 Å². The zero-order chi connectivity index (χ0) is 22.9. The van der Waals surface area contributed by atoms with E-state index in [0.29, 0.717) is 18.1 Å². The van der Waals surface area contributed by atoms with Gasteiger partial charge < -0.3 is 19.9 Å². The van der Waals surface area contributed by atoms with E-state index in [0.717, 1.165) is 58.4 Å². The standard InChI is InChI=1S/C27H28ClN3O2/c1-3-4-11-29-23-14-25-26(21-8-6-5-7-20(21)23)18(15-28)16-31(25)27(32)24-13-17-12-19(33-2)9-10-22(17)30-24/h5-10,12-14,18,29-30H,3-4,11,15-16H2,1-2H3. The Hall–Kier alpha value is -3.18. The van der Waals surface area contributed by atoms with Crippen molar-refractivity contribution in [3.05, 3.63) is 65.9 Å². The van der Waals surface area contributed by atoms with E-state index >= 15 is 0 Å². The van der Waals surface area contributed by atoms with Crippen LogP contribution in [0.4, 0.5) is 11.4 Å². The molecule has 1 aliphatic rings. The maximum Gasteiger partial charge on any atom is 0.274 e. The van der Waals surface area contributed by atoms with E-state index in [2.05, 4.69) is 47.6 Å². The van der Waals surface area contributed by atoms with Crippen LogP contribution in [0.25, 0.3) is 21.7 Å². The number of alkyl halides is 1. The van der Waals surface area contributed by atoms with Gasteiger partial charge in [-0.25, -0.2) is 0 Å². The molecule has 33 heavy (non-hydrogen) atoms. The third-order valence-electron chi connectivity index (χ3n) is 6.50. The second-order valence-electron chi connectivity index (χ2n) is 8.59. The van der Waals surface area contributed by atoms with Crippen LogP contribution in [-0.4, -0.2) is 37.0 Å². The molecular weight excluding hydrogens is 434 g/mol. The molecule has 3 aromatic carbocycles. The number of ether oxygens (including phenoxy) is 1. The fourth-order valence-electron chi connectivity index (χ4n) is 4.81. The molecule has 170 valence electrons. The van der Waals surface area contributed by atoms with Crippen molar-refractivity contribution in [2.45, 2.75) is 25.7 Å². The lowest BCUT2D eigenvalue weighted by atomic mass is 9.95. The van der Waals surface area contributed by atoms with Crippen molar-refractivity contribution in [2.24, 2.45) is 0 Å². The molecule has 1 amide bonds. The predicted molar refractivity (Wildman–Crippen MR) is 137 cm³/mol. The van der Waals surface area contributed by atoms with Gasteiger partial charge in [0, 0.05) is 46.9 Å². The average molecular weight is 462 g/mol. The summed E-state index contributed by atoms with van der Waals surface area (Å²) in [6.07, 6.45) is 2.22. The maximum absolute atomic E-state index is 13.7. The number of fused-ring (bicyclic) bond motifs is 4. The number of aromatic amines is 1. The zero-order valence-corrected chi connectivity index (χ0v) is 19.7. The van der Waals surface area contributed by atoms with E-state index in [-0.39, 0.29) is 11.8 Å². The van der Waals surface area contributed by atoms with Crippen LogP contribution < -0.4 is 15.0 Å². The van der Waals surface area contributed by atoms with E-state index in [1.165, 1.54) is 5.39 Å². The number of nitrogens with zero attached hydrogens (tertiary/aromatic N) is 1. The zero-order valence-electron chi connectivity index (χ0n) is 19.0. The number of unbranched alkanes of at least 4 members (excludes halogenated alkanes) is 1. The number of carbonyl (C=O) groups excluding carboxylic acids is 1. The van der Waals surface area contributed by atoms with E-state index in [4.69, 9.17) is 16.3 Å². The minimum absolute atomic E-state index is 0.0474. The van der Waals surface area contributed by atoms with Gasteiger partial charge in [0.25, 0.3) is 5.91 Å². The summed E-state index contributed by atoms with van der Waals surface area (Å²) in [5, 5.41) is 6.88. The Balaban J connectivity index is 1.59. The Bertz CT molecular complexity index is 1330. The van der Waals surface area contributed by atoms with Gasteiger partial charge in [-0.1, -0.05) is 37.6 Å². The SMILES string of the molecule is CCCCNc1cc2c(c3ccccc13)C(CCl)CN2C(=O)c1cc2cc(OC)ccc2[nH]1. The number of methoxy groups -OCH3 is 1. The number of benzene rings is 3. The minimum atomic E-state index is -0.0474. The van der Waals surface area contributed by atoms with Gasteiger partial charge in [0.05, 0.1) is 12.8 Å². The van der Waals surface area contributed by atoms with E-state index in [1.54, 1.807) is 7.11 Å². The Morgan fingerprint density at radius 1 is 1.18 bits per heavy atom. The third kappa shape index (κ3) is 3.80. The summed E-state index contributed by atoms with van der Waals surface area (Å²) in [5.41, 5.74) is 4.64. The first-order valence-corrected chi connectivity index (χ1v) is 12.0. The van der Waals surface area contributed by atoms with Crippen LogP contribution >= 0.6 is 11.6 Å². The number of halogens is 1. The second-order valence-corrected chi connectivity index (χ2v) is 8.89. The number of rotatable bonds is 7. The van der Waals surface area contributed by atoms with Gasteiger partial charge in [-0.2, -0.15) is 0 Å². The molecule has 2 N–H and O–H groups in total. The number of nitrogens with one attached hydrogen (secondary N) is 2. The van der Waals surface area contributed by atoms with E-state index in [1.807, 2.05) is 29.2 Å². The molecule has 1 unspecified atom stereocenters. The van der Waals surface area contributed by atoms with Crippen LogP contribution in [0.1, 0.15) is 41.7 Å². The van der Waals surface area contributed by atoms with Gasteiger partial charge in [-0.15, -0.1) is 11.6 Å². The summed E-state index contributed by atoms with van der Waals surface area (Å²) >= 11 is 6.42. The molecule has 5 nitrogen and oxygen atoms in total.